The number of carbonyl (C=O) groups excluding carboxylic acids is 2. The Morgan fingerprint density at radius 3 is 2.33 bits per heavy atom. The highest BCUT2D eigenvalue weighted by molar-refractivity contribution is 5.96. The molecule has 1 fully saturated rings. The van der Waals surface area contributed by atoms with Crippen molar-refractivity contribution in [3.63, 3.8) is 0 Å². The van der Waals surface area contributed by atoms with Crippen molar-refractivity contribution in [3.05, 3.63) is 29.8 Å². The zero-order valence-electron chi connectivity index (χ0n) is 14.9. The number of anilines is 1. The van der Waals surface area contributed by atoms with Crippen LogP contribution in [0.15, 0.2) is 24.3 Å². The highest BCUT2D eigenvalue weighted by Gasteiger charge is 2.31. The number of fused-ring (bicyclic) bond motifs is 1. The van der Waals surface area contributed by atoms with Gasteiger partial charge in [0.05, 0.1) is 6.54 Å². The van der Waals surface area contributed by atoms with Gasteiger partial charge >= 0.3 is 0 Å². The maximum Gasteiger partial charge on any atom is 0.241 e. The van der Waals surface area contributed by atoms with Crippen LogP contribution in [0.3, 0.4) is 0 Å². The van der Waals surface area contributed by atoms with Crippen LogP contribution in [0, 0.1) is 5.41 Å². The lowest BCUT2D eigenvalue weighted by atomic mass is 9.94. The van der Waals surface area contributed by atoms with Gasteiger partial charge in [0.25, 0.3) is 0 Å². The molecule has 0 aliphatic carbocycles. The summed E-state index contributed by atoms with van der Waals surface area (Å²) >= 11 is 0. The second-order valence-corrected chi connectivity index (χ2v) is 7.74. The van der Waals surface area contributed by atoms with Crippen LogP contribution in [-0.4, -0.2) is 60.9 Å². The zero-order chi connectivity index (χ0) is 17.3. The van der Waals surface area contributed by atoms with Crippen molar-refractivity contribution in [1.29, 1.82) is 0 Å². The summed E-state index contributed by atoms with van der Waals surface area (Å²) in [6, 6.07) is 8.14. The summed E-state index contributed by atoms with van der Waals surface area (Å²) in [6.07, 6.45) is 0.940. The largest absolute Gasteiger partial charge is 0.340 e. The minimum Gasteiger partial charge on any atom is -0.340 e. The Kier molecular flexibility index (Phi) is 4.63. The van der Waals surface area contributed by atoms with Gasteiger partial charge in [0.15, 0.2) is 0 Å². The molecule has 0 saturated carbocycles. The number of hydrogen-bond donors (Lipinski definition) is 0. The van der Waals surface area contributed by atoms with Crippen molar-refractivity contribution >= 4 is 17.5 Å². The first-order chi connectivity index (χ1) is 11.4. The average molecular weight is 329 g/mol. The number of amides is 2. The van der Waals surface area contributed by atoms with Crippen LogP contribution in [-0.2, 0) is 16.0 Å². The van der Waals surface area contributed by atoms with E-state index >= 15 is 0 Å². The summed E-state index contributed by atoms with van der Waals surface area (Å²) in [5.41, 5.74) is 1.98. The summed E-state index contributed by atoms with van der Waals surface area (Å²) in [4.78, 5) is 31.0. The smallest absolute Gasteiger partial charge is 0.241 e. The zero-order valence-corrected chi connectivity index (χ0v) is 14.9. The van der Waals surface area contributed by atoms with Crippen molar-refractivity contribution in [2.24, 2.45) is 5.41 Å². The van der Waals surface area contributed by atoms with Crippen LogP contribution in [0.5, 0.6) is 0 Å². The van der Waals surface area contributed by atoms with E-state index in [9.17, 15) is 9.59 Å². The van der Waals surface area contributed by atoms with Gasteiger partial charge in [-0.3, -0.25) is 14.5 Å². The lowest BCUT2D eigenvalue weighted by Gasteiger charge is -2.37. The highest BCUT2D eigenvalue weighted by Crippen LogP contribution is 2.27. The fourth-order valence-corrected chi connectivity index (χ4v) is 3.46. The van der Waals surface area contributed by atoms with E-state index in [1.807, 2.05) is 48.8 Å². The molecule has 0 spiro atoms. The second kappa shape index (κ2) is 6.55. The minimum atomic E-state index is -0.336. The SMILES string of the molecule is CC(C)(C)C(=O)N1CCN(CC(=O)N2CCc3ccccc32)CC1. The maximum absolute atomic E-state index is 12.7. The molecule has 1 aromatic rings. The lowest BCUT2D eigenvalue weighted by molar-refractivity contribution is -0.141. The summed E-state index contributed by atoms with van der Waals surface area (Å²) in [7, 11) is 0. The summed E-state index contributed by atoms with van der Waals surface area (Å²) < 4.78 is 0. The highest BCUT2D eigenvalue weighted by atomic mass is 16.2. The van der Waals surface area contributed by atoms with Crippen molar-refractivity contribution < 1.29 is 9.59 Å². The molecule has 2 amide bonds. The predicted molar refractivity (Wildman–Crippen MR) is 95.0 cm³/mol. The van der Waals surface area contributed by atoms with Crippen molar-refractivity contribution in [3.8, 4) is 0 Å². The van der Waals surface area contributed by atoms with E-state index in [0.717, 1.165) is 31.7 Å². The van der Waals surface area contributed by atoms with Crippen molar-refractivity contribution in [2.45, 2.75) is 27.2 Å². The number of rotatable bonds is 2. The number of carbonyl (C=O) groups is 2. The van der Waals surface area contributed by atoms with Gasteiger partial charge in [-0.15, -0.1) is 0 Å². The standard InChI is InChI=1S/C19H27N3O2/c1-19(2,3)18(24)21-12-10-20(11-13-21)14-17(23)22-9-8-15-6-4-5-7-16(15)22/h4-7H,8-14H2,1-3H3. The van der Waals surface area contributed by atoms with Crippen LogP contribution in [0.25, 0.3) is 0 Å². The number of benzene rings is 1. The van der Waals surface area contributed by atoms with E-state index < -0.39 is 0 Å². The van der Waals surface area contributed by atoms with Crippen LogP contribution in [0.4, 0.5) is 5.69 Å². The van der Waals surface area contributed by atoms with Gasteiger partial charge in [-0.25, -0.2) is 0 Å². The molecule has 24 heavy (non-hydrogen) atoms. The molecule has 5 nitrogen and oxygen atoms in total. The first-order valence-corrected chi connectivity index (χ1v) is 8.76. The summed E-state index contributed by atoms with van der Waals surface area (Å²) in [6.45, 7) is 10.0. The Morgan fingerprint density at radius 1 is 1.00 bits per heavy atom. The van der Waals surface area contributed by atoms with Gasteiger partial charge in [-0.1, -0.05) is 39.0 Å². The molecule has 3 rings (SSSR count). The van der Waals surface area contributed by atoms with E-state index in [1.165, 1.54) is 5.56 Å². The monoisotopic (exact) mass is 329 g/mol. The molecule has 1 saturated heterocycles. The van der Waals surface area contributed by atoms with Crippen molar-refractivity contribution in [2.75, 3.05) is 44.2 Å². The number of nitrogens with zero attached hydrogens (tertiary/aromatic N) is 3. The fourth-order valence-electron chi connectivity index (χ4n) is 3.46. The quantitative estimate of drug-likeness (QED) is 0.830. The molecule has 0 aromatic heterocycles. The molecule has 0 atom stereocenters. The molecule has 2 aliphatic heterocycles. The van der Waals surface area contributed by atoms with E-state index in [-0.39, 0.29) is 17.2 Å². The third-order valence-corrected chi connectivity index (χ3v) is 4.85. The first kappa shape index (κ1) is 17.0. The summed E-state index contributed by atoms with van der Waals surface area (Å²) in [5.74, 6) is 0.359. The third kappa shape index (κ3) is 3.46. The van der Waals surface area contributed by atoms with Gasteiger partial charge in [0, 0.05) is 43.8 Å². The average Bonchev–Trinajstić information content (AvgIpc) is 2.98. The van der Waals surface area contributed by atoms with Gasteiger partial charge in [0.1, 0.15) is 0 Å². The van der Waals surface area contributed by atoms with E-state index in [1.54, 1.807) is 0 Å². The molecule has 130 valence electrons. The fraction of sp³-hybridized carbons (Fsp3) is 0.579. The molecule has 2 aliphatic rings. The van der Waals surface area contributed by atoms with E-state index in [0.29, 0.717) is 19.6 Å². The number of piperazine rings is 1. The number of para-hydroxylation sites is 1. The Bertz CT molecular complexity index is 628. The number of hydrogen-bond acceptors (Lipinski definition) is 3. The Morgan fingerprint density at radius 2 is 1.67 bits per heavy atom. The second-order valence-electron chi connectivity index (χ2n) is 7.74. The minimum absolute atomic E-state index is 0.163. The molecule has 5 heteroatoms. The normalized spacial score (nSPS) is 18.6. The maximum atomic E-state index is 12.7. The molecular formula is C19H27N3O2. The topological polar surface area (TPSA) is 43.9 Å². The Balaban J connectivity index is 1.54. The van der Waals surface area contributed by atoms with Crippen molar-refractivity contribution in [1.82, 2.24) is 9.80 Å². The molecule has 2 heterocycles. The molecule has 1 aromatic carbocycles. The lowest BCUT2D eigenvalue weighted by Crippen LogP contribution is -2.53. The molecule has 0 radical (unpaired) electrons. The van der Waals surface area contributed by atoms with E-state index in [4.69, 9.17) is 0 Å². The molecule has 0 bridgehead atoms. The van der Waals surface area contributed by atoms with Gasteiger partial charge in [0.2, 0.25) is 11.8 Å². The third-order valence-electron chi connectivity index (χ3n) is 4.85. The van der Waals surface area contributed by atoms with Crippen LogP contribution >= 0.6 is 0 Å². The Labute approximate surface area is 144 Å². The first-order valence-electron chi connectivity index (χ1n) is 8.76. The van der Waals surface area contributed by atoms with E-state index in [2.05, 4.69) is 11.0 Å². The van der Waals surface area contributed by atoms with Crippen LogP contribution < -0.4 is 4.90 Å². The summed E-state index contributed by atoms with van der Waals surface area (Å²) in [5, 5.41) is 0. The van der Waals surface area contributed by atoms with Gasteiger partial charge in [-0.05, 0) is 18.1 Å². The molecular weight excluding hydrogens is 302 g/mol. The molecule has 0 N–H and O–H groups in total. The Hall–Kier alpha value is -1.88. The van der Waals surface area contributed by atoms with Gasteiger partial charge < -0.3 is 9.80 Å². The van der Waals surface area contributed by atoms with Crippen LogP contribution in [0.1, 0.15) is 26.3 Å². The van der Waals surface area contributed by atoms with Gasteiger partial charge in [-0.2, -0.15) is 0 Å². The predicted octanol–water partition coefficient (Wildman–Crippen LogP) is 1.77. The van der Waals surface area contributed by atoms with Crippen LogP contribution in [0.2, 0.25) is 0 Å². The molecule has 0 unspecified atom stereocenters.